The third-order valence-electron chi connectivity index (χ3n) is 4.49. The predicted octanol–water partition coefficient (Wildman–Crippen LogP) is 1.83. The molecule has 1 aliphatic rings. The molecule has 1 atom stereocenters. The molecule has 0 spiro atoms. The number of carbonyl (C=O) groups excluding carboxylic acids is 1. The van der Waals surface area contributed by atoms with Crippen LogP contribution in [0, 0.1) is 5.92 Å². The van der Waals surface area contributed by atoms with E-state index in [0.29, 0.717) is 23.8 Å². The Bertz CT molecular complexity index is 486. The number of likely N-dealkylation sites (tertiary alicyclic amines) is 1. The molecule has 0 saturated carbocycles. The van der Waals surface area contributed by atoms with E-state index in [9.17, 15) is 4.79 Å². The van der Waals surface area contributed by atoms with E-state index in [1.54, 1.807) is 14.2 Å². The zero-order valence-electron chi connectivity index (χ0n) is 13.7. The van der Waals surface area contributed by atoms with Gasteiger partial charge in [-0.05, 0) is 37.8 Å². The number of piperidine rings is 1. The highest BCUT2D eigenvalue weighted by molar-refractivity contribution is 5.80. The van der Waals surface area contributed by atoms with Gasteiger partial charge in [0.15, 0.2) is 0 Å². The number of amides is 1. The van der Waals surface area contributed by atoms with Crippen LogP contribution in [0.5, 0.6) is 11.5 Å². The molecule has 1 aliphatic heterocycles. The van der Waals surface area contributed by atoms with Gasteiger partial charge in [0.05, 0.1) is 20.6 Å². The summed E-state index contributed by atoms with van der Waals surface area (Å²) in [6, 6.07) is 5.77. The Labute approximate surface area is 132 Å². The highest BCUT2D eigenvalue weighted by Gasteiger charge is 2.26. The Kier molecular flexibility index (Phi) is 5.66. The monoisotopic (exact) mass is 306 g/mol. The van der Waals surface area contributed by atoms with Gasteiger partial charge in [0.25, 0.3) is 0 Å². The largest absolute Gasteiger partial charge is 0.496 e. The molecule has 1 amide bonds. The molecule has 2 N–H and O–H groups in total. The quantitative estimate of drug-likeness (QED) is 0.901. The lowest BCUT2D eigenvalue weighted by atomic mass is 9.90. The summed E-state index contributed by atoms with van der Waals surface area (Å²) in [5.41, 5.74) is 6.76. The normalized spacial score (nSPS) is 17.2. The maximum absolute atomic E-state index is 12.6. The summed E-state index contributed by atoms with van der Waals surface area (Å²) in [5.74, 6) is 2.02. The number of nitrogens with zero attached hydrogens (tertiary/aromatic N) is 1. The van der Waals surface area contributed by atoms with Crippen molar-refractivity contribution in [2.24, 2.45) is 11.7 Å². The van der Waals surface area contributed by atoms with Gasteiger partial charge in [-0.15, -0.1) is 0 Å². The van der Waals surface area contributed by atoms with E-state index in [1.807, 2.05) is 30.0 Å². The van der Waals surface area contributed by atoms with Crippen LogP contribution >= 0.6 is 0 Å². The fourth-order valence-corrected chi connectivity index (χ4v) is 3.04. The molecule has 122 valence electrons. The maximum Gasteiger partial charge on any atom is 0.227 e. The van der Waals surface area contributed by atoms with Gasteiger partial charge in [0, 0.05) is 24.7 Å². The minimum Gasteiger partial charge on any atom is -0.496 e. The van der Waals surface area contributed by atoms with E-state index in [4.69, 9.17) is 15.2 Å². The summed E-state index contributed by atoms with van der Waals surface area (Å²) in [6.07, 6.45) is 2.26. The topological polar surface area (TPSA) is 64.8 Å². The molecule has 1 heterocycles. The molecule has 1 aromatic carbocycles. The lowest BCUT2D eigenvalue weighted by Crippen LogP contribution is -2.43. The summed E-state index contributed by atoms with van der Waals surface area (Å²) < 4.78 is 10.7. The molecule has 22 heavy (non-hydrogen) atoms. The first-order chi connectivity index (χ1) is 10.6. The minimum atomic E-state index is 0.117. The zero-order chi connectivity index (χ0) is 16.1. The standard InChI is InChI=1S/C17H26N2O3/c1-12(18)13-7-9-19(10-8-13)17(20)11-14-15(21-2)5-4-6-16(14)22-3/h4-6,12-13H,7-11,18H2,1-3H3. The van der Waals surface area contributed by atoms with Gasteiger partial charge < -0.3 is 20.1 Å². The SMILES string of the molecule is COc1cccc(OC)c1CC(=O)N1CCC(C(C)N)CC1. The van der Waals surface area contributed by atoms with E-state index in [-0.39, 0.29) is 11.9 Å². The molecule has 0 bridgehead atoms. The third-order valence-corrected chi connectivity index (χ3v) is 4.49. The first kappa shape index (κ1) is 16.6. The molecular formula is C17H26N2O3. The van der Waals surface area contributed by atoms with Crippen LogP contribution in [0.2, 0.25) is 0 Å². The van der Waals surface area contributed by atoms with Crippen molar-refractivity contribution in [1.82, 2.24) is 4.90 Å². The van der Waals surface area contributed by atoms with Crippen molar-refractivity contribution in [2.75, 3.05) is 27.3 Å². The van der Waals surface area contributed by atoms with Crippen LogP contribution in [0.1, 0.15) is 25.3 Å². The van der Waals surface area contributed by atoms with Gasteiger partial charge in [-0.3, -0.25) is 4.79 Å². The highest BCUT2D eigenvalue weighted by Crippen LogP contribution is 2.29. The van der Waals surface area contributed by atoms with Crippen LogP contribution in [0.25, 0.3) is 0 Å². The van der Waals surface area contributed by atoms with Gasteiger partial charge >= 0.3 is 0 Å². The van der Waals surface area contributed by atoms with Crippen molar-refractivity contribution in [2.45, 2.75) is 32.2 Å². The third kappa shape index (κ3) is 3.71. The first-order valence-corrected chi connectivity index (χ1v) is 7.80. The van der Waals surface area contributed by atoms with Gasteiger partial charge in [0.1, 0.15) is 11.5 Å². The summed E-state index contributed by atoms with van der Waals surface area (Å²) in [5, 5.41) is 0. The van der Waals surface area contributed by atoms with Crippen molar-refractivity contribution in [1.29, 1.82) is 0 Å². The number of hydrogen-bond acceptors (Lipinski definition) is 4. The lowest BCUT2D eigenvalue weighted by Gasteiger charge is -2.34. The second-order valence-electron chi connectivity index (χ2n) is 5.90. The van der Waals surface area contributed by atoms with Gasteiger partial charge in [-0.1, -0.05) is 6.07 Å². The number of benzene rings is 1. The maximum atomic E-state index is 12.6. The number of hydrogen-bond donors (Lipinski definition) is 1. The molecular weight excluding hydrogens is 280 g/mol. The summed E-state index contributed by atoms with van der Waals surface area (Å²) in [6.45, 7) is 3.60. The fraction of sp³-hybridized carbons (Fsp3) is 0.588. The van der Waals surface area contributed by atoms with Gasteiger partial charge in [0.2, 0.25) is 5.91 Å². The lowest BCUT2D eigenvalue weighted by molar-refractivity contribution is -0.132. The number of ether oxygens (including phenoxy) is 2. The van der Waals surface area contributed by atoms with Crippen LogP contribution in [-0.4, -0.2) is 44.2 Å². The van der Waals surface area contributed by atoms with Crippen LogP contribution < -0.4 is 15.2 Å². The smallest absolute Gasteiger partial charge is 0.227 e. The number of rotatable bonds is 5. The van der Waals surface area contributed by atoms with Crippen molar-refractivity contribution >= 4 is 5.91 Å². The predicted molar refractivity (Wildman–Crippen MR) is 86.2 cm³/mol. The molecule has 1 fully saturated rings. The molecule has 0 aromatic heterocycles. The van der Waals surface area contributed by atoms with E-state index < -0.39 is 0 Å². The zero-order valence-corrected chi connectivity index (χ0v) is 13.7. The number of carbonyl (C=O) groups is 1. The fourth-order valence-electron chi connectivity index (χ4n) is 3.04. The average molecular weight is 306 g/mol. The number of nitrogens with two attached hydrogens (primary N) is 1. The molecule has 5 nitrogen and oxygen atoms in total. The van der Waals surface area contributed by atoms with Crippen LogP contribution in [-0.2, 0) is 11.2 Å². The summed E-state index contributed by atoms with van der Waals surface area (Å²) in [4.78, 5) is 14.5. The van der Waals surface area contributed by atoms with Crippen molar-refractivity contribution in [3.63, 3.8) is 0 Å². The molecule has 0 aliphatic carbocycles. The van der Waals surface area contributed by atoms with Crippen LogP contribution in [0.3, 0.4) is 0 Å². The summed E-state index contributed by atoms with van der Waals surface area (Å²) in [7, 11) is 3.22. The van der Waals surface area contributed by atoms with Gasteiger partial charge in [-0.2, -0.15) is 0 Å². The van der Waals surface area contributed by atoms with Crippen molar-refractivity contribution in [3.8, 4) is 11.5 Å². The molecule has 0 radical (unpaired) electrons. The van der Waals surface area contributed by atoms with Crippen LogP contribution in [0.15, 0.2) is 18.2 Å². The molecule has 1 saturated heterocycles. The van der Waals surface area contributed by atoms with Crippen molar-refractivity contribution < 1.29 is 14.3 Å². The first-order valence-electron chi connectivity index (χ1n) is 7.80. The van der Waals surface area contributed by atoms with E-state index >= 15 is 0 Å². The molecule has 1 aromatic rings. The summed E-state index contributed by atoms with van der Waals surface area (Å²) >= 11 is 0. The van der Waals surface area contributed by atoms with E-state index in [0.717, 1.165) is 31.5 Å². The number of methoxy groups -OCH3 is 2. The van der Waals surface area contributed by atoms with E-state index in [2.05, 4.69) is 0 Å². The van der Waals surface area contributed by atoms with Crippen LogP contribution in [0.4, 0.5) is 0 Å². The second-order valence-corrected chi connectivity index (χ2v) is 5.90. The molecule has 1 unspecified atom stereocenters. The Hall–Kier alpha value is -1.75. The van der Waals surface area contributed by atoms with E-state index in [1.165, 1.54) is 0 Å². The Morgan fingerprint density at radius 2 is 1.82 bits per heavy atom. The Morgan fingerprint density at radius 3 is 2.27 bits per heavy atom. The average Bonchev–Trinajstić information content (AvgIpc) is 2.55. The van der Waals surface area contributed by atoms with Gasteiger partial charge in [-0.25, -0.2) is 0 Å². The molecule has 2 rings (SSSR count). The second kappa shape index (κ2) is 7.49. The Balaban J connectivity index is 2.04. The van der Waals surface area contributed by atoms with Crippen molar-refractivity contribution in [3.05, 3.63) is 23.8 Å². The minimum absolute atomic E-state index is 0.117. The Morgan fingerprint density at radius 1 is 1.27 bits per heavy atom. The highest BCUT2D eigenvalue weighted by atomic mass is 16.5. The molecule has 5 heteroatoms.